The molecule has 0 bridgehead atoms. The van der Waals surface area contributed by atoms with Crippen LogP contribution in [0.2, 0.25) is 0 Å². The maximum absolute atomic E-state index is 11.4. The van der Waals surface area contributed by atoms with Gasteiger partial charge in [0.15, 0.2) is 0 Å². The predicted molar refractivity (Wildman–Crippen MR) is 58.4 cm³/mol. The van der Waals surface area contributed by atoms with Crippen molar-refractivity contribution >= 4 is 15.9 Å². The molecule has 2 N–H and O–H groups in total. The second kappa shape index (κ2) is 7.55. The first-order valence-corrected chi connectivity index (χ1v) is 6.35. The summed E-state index contributed by atoms with van der Waals surface area (Å²) in [5, 5.41) is 11.0. The number of hydrogen-bond donors (Lipinski definition) is 2. The molecule has 0 saturated heterocycles. The lowest BCUT2D eigenvalue weighted by Gasteiger charge is -2.15. The van der Waals surface area contributed by atoms with Gasteiger partial charge in [-0.1, -0.05) is 0 Å². The number of rotatable bonds is 8. The average molecular weight is 254 g/mol. The summed E-state index contributed by atoms with van der Waals surface area (Å²) >= 11 is 0. The van der Waals surface area contributed by atoms with Gasteiger partial charge in [-0.25, -0.2) is 8.42 Å². The number of likely N-dealkylation sites (N-methyl/N-ethyl adjacent to an activating group) is 1. The first kappa shape index (κ1) is 15.3. The molecule has 0 aliphatic rings. The summed E-state index contributed by atoms with van der Waals surface area (Å²) in [4.78, 5) is 11.2. The van der Waals surface area contributed by atoms with Gasteiger partial charge in [-0.2, -0.15) is 4.31 Å². The molecule has 0 radical (unpaired) electrons. The third-order valence-electron chi connectivity index (χ3n) is 1.82. The summed E-state index contributed by atoms with van der Waals surface area (Å²) in [5.41, 5.74) is 0. The fraction of sp³-hybridized carbons (Fsp3) is 0.875. The molecule has 0 atom stereocenters. The molecule has 0 rings (SSSR count). The lowest BCUT2D eigenvalue weighted by molar-refractivity contribution is -0.121. The Balaban J connectivity index is 4.04. The van der Waals surface area contributed by atoms with Gasteiger partial charge in [0.25, 0.3) is 0 Å². The van der Waals surface area contributed by atoms with Gasteiger partial charge in [0, 0.05) is 20.7 Å². The SMILES string of the molecule is COCCNC(=O)CN(C)S(=O)(=O)CCO. The van der Waals surface area contributed by atoms with E-state index >= 15 is 0 Å². The second-order valence-electron chi connectivity index (χ2n) is 3.14. The Morgan fingerprint density at radius 1 is 1.50 bits per heavy atom. The van der Waals surface area contributed by atoms with Crippen molar-refractivity contribution in [1.29, 1.82) is 0 Å². The normalized spacial score (nSPS) is 11.8. The van der Waals surface area contributed by atoms with Gasteiger partial charge in [-0.3, -0.25) is 4.79 Å². The number of nitrogens with zero attached hydrogens (tertiary/aromatic N) is 1. The third-order valence-corrected chi connectivity index (χ3v) is 3.60. The Kier molecular flexibility index (Phi) is 7.22. The maximum Gasteiger partial charge on any atom is 0.235 e. The van der Waals surface area contributed by atoms with Gasteiger partial charge in [0.1, 0.15) is 0 Å². The van der Waals surface area contributed by atoms with E-state index in [9.17, 15) is 13.2 Å². The van der Waals surface area contributed by atoms with Crippen molar-refractivity contribution in [2.75, 3.05) is 46.2 Å². The molecule has 0 aromatic heterocycles. The van der Waals surface area contributed by atoms with E-state index in [2.05, 4.69) is 5.32 Å². The van der Waals surface area contributed by atoms with Gasteiger partial charge < -0.3 is 15.2 Å². The van der Waals surface area contributed by atoms with Crippen molar-refractivity contribution in [3.05, 3.63) is 0 Å². The Bertz CT molecular complexity index is 304. The molecule has 16 heavy (non-hydrogen) atoms. The van der Waals surface area contributed by atoms with E-state index in [1.807, 2.05) is 0 Å². The Morgan fingerprint density at radius 2 is 2.12 bits per heavy atom. The number of carbonyl (C=O) groups is 1. The van der Waals surface area contributed by atoms with E-state index in [1.54, 1.807) is 0 Å². The fourth-order valence-corrected chi connectivity index (χ4v) is 1.78. The van der Waals surface area contributed by atoms with E-state index < -0.39 is 22.5 Å². The number of aliphatic hydroxyl groups is 1. The first-order chi connectivity index (χ1) is 7.44. The number of ether oxygens (including phenoxy) is 1. The monoisotopic (exact) mass is 254 g/mol. The van der Waals surface area contributed by atoms with Gasteiger partial charge in [0.2, 0.25) is 15.9 Å². The molecule has 0 unspecified atom stereocenters. The van der Waals surface area contributed by atoms with Crippen LogP contribution in [0.4, 0.5) is 0 Å². The largest absolute Gasteiger partial charge is 0.395 e. The van der Waals surface area contributed by atoms with Crippen LogP contribution in [0.5, 0.6) is 0 Å². The summed E-state index contributed by atoms with van der Waals surface area (Å²) in [6, 6.07) is 0. The third kappa shape index (κ3) is 6.01. The highest BCUT2D eigenvalue weighted by Gasteiger charge is 2.19. The van der Waals surface area contributed by atoms with Crippen LogP contribution in [-0.2, 0) is 19.6 Å². The summed E-state index contributed by atoms with van der Waals surface area (Å²) in [5.74, 6) is -0.782. The van der Waals surface area contributed by atoms with Crippen molar-refractivity contribution in [1.82, 2.24) is 9.62 Å². The standard InChI is InChI=1S/C8H18N2O5S/c1-10(16(13,14)6-4-11)7-8(12)9-3-5-15-2/h11H,3-7H2,1-2H3,(H,9,12). The minimum absolute atomic E-state index is 0.258. The van der Waals surface area contributed by atoms with Gasteiger partial charge >= 0.3 is 0 Å². The molecule has 8 heteroatoms. The quantitative estimate of drug-likeness (QED) is 0.489. The minimum Gasteiger partial charge on any atom is -0.395 e. The molecular weight excluding hydrogens is 236 g/mol. The first-order valence-electron chi connectivity index (χ1n) is 4.74. The Labute approximate surface area is 95.4 Å². The molecule has 0 heterocycles. The second-order valence-corrected chi connectivity index (χ2v) is 5.33. The molecule has 0 spiro atoms. The zero-order valence-electron chi connectivity index (χ0n) is 9.47. The fourth-order valence-electron chi connectivity index (χ4n) is 0.920. The van der Waals surface area contributed by atoms with Crippen LogP contribution in [0, 0.1) is 0 Å². The highest BCUT2D eigenvalue weighted by Crippen LogP contribution is 1.96. The zero-order chi connectivity index (χ0) is 12.6. The highest BCUT2D eigenvalue weighted by molar-refractivity contribution is 7.89. The van der Waals surface area contributed by atoms with E-state index in [4.69, 9.17) is 9.84 Å². The van der Waals surface area contributed by atoms with Crippen LogP contribution in [-0.4, -0.2) is 70.0 Å². The van der Waals surface area contributed by atoms with Gasteiger partial charge in [0.05, 0.1) is 25.5 Å². The number of hydrogen-bond acceptors (Lipinski definition) is 5. The number of sulfonamides is 1. The van der Waals surface area contributed by atoms with Crippen LogP contribution in [0.3, 0.4) is 0 Å². The van der Waals surface area contributed by atoms with Crippen molar-refractivity contribution in [2.45, 2.75) is 0 Å². The highest BCUT2D eigenvalue weighted by atomic mass is 32.2. The number of carbonyl (C=O) groups excluding carboxylic acids is 1. The lowest BCUT2D eigenvalue weighted by atomic mass is 10.5. The Morgan fingerprint density at radius 3 is 2.62 bits per heavy atom. The molecule has 96 valence electrons. The maximum atomic E-state index is 11.4. The van der Waals surface area contributed by atoms with E-state index in [0.29, 0.717) is 13.2 Å². The van der Waals surface area contributed by atoms with E-state index in [0.717, 1.165) is 4.31 Å². The van der Waals surface area contributed by atoms with Gasteiger partial charge in [-0.15, -0.1) is 0 Å². The molecular formula is C8H18N2O5S. The summed E-state index contributed by atoms with van der Waals surface area (Å²) in [6.07, 6.45) is 0. The summed E-state index contributed by atoms with van der Waals surface area (Å²) < 4.78 is 28.3. The number of nitrogens with one attached hydrogen (secondary N) is 1. The van der Waals surface area contributed by atoms with Crippen molar-refractivity contribution in [3.8, 4) is 0 Å². The van der Waals surface area contributed by atoms with E-state index in [-0.39, 0.29) is 12.3 Å². The van der Waals surface area contributed by atoms with Crippen LogP contribution < -0.4 is 5.32 Å². The molecule has 0 aliphatic heterocycles. The molecule has 0 aromatic carbocycles. The summed E-state index contributed by atoms with van der Waals surface area (Å²) in [7, 11) is -0.748. The van der Waals surface area contributed by atoms with E-state index in [1.165, 1.54) is 14.2 Å². The Hall–Kier alpha value is -0.700. The topological polar surface area (TPSA) is 95.9 Å². The van der Waals surface area contributed by atoms with Crippen LogP contribution in [0.25, 0.3) is 0 Å². The average Bonchev–Trinajstić information content (AvgIpc) is 2.17. The van der Waals surface area contributed by atoms with Crippen LogP contribution in [0.1, 0.15) is 0 Å². The smallest absolute Gasteiger partial charge is 0.235 e. The number of amides is 1. The van der Waals surface area contributed by atoms with Crippen molar-refractivity contribution in [2.24, 2.45) is 0 Å². The molecule has 1 amide bonds. The van der Waals surface area contributed by atoms with Crippen LogP contribution in [0.15, 0.2) is 0 Å². The van der Waals surface area contributed by atoms with Gasteiger partial charge in [-0.05, 0) is 0 Å². The van der Waals surface area contributed by atoms with Crippen LogP contribution >= 0.6 is 0 Å². The number of methoxy groups -OCH3 is 1. The van der Waals surface area contributed by atoms with Crippen molar-refractivity contribution in [3.63, 3.8) is 0 Å². The molecule has 0 aliphatic carbocycles. The molecule has 0 fully saturated rings. The predicted octanol–water partition coefficient (Wildman–Crippen LogP) is -2.00. The summed E-state index contributed by atoms with van der Waals surface area (Å²) in [6.45, 7) is -0.00786. The molecule has 0 saturated carbocycles. The molecule has 7 nitrogen and oxygen atoms in total. The van der Waals surface area contributed by atoms with Crippen molar-refractivity contribution < 1.29 is 23.1 Å². The number of aliphatic hydroxyl groups excluding tert-OH is 1. The molecule has 0 aromatic rings. The zero-order valence-corrected chi connectivity index (χ0v) is 10.3. The lowest BCUT2D eigenvalue weighted by Crippen LogP contribution is -2.40. The minimum atomic E-state index is -3.54.